The fraction of sp³-hybridized carbons (Fsp3) is 0.667. The Balaban J connectivity index is 2.07. The van der Waals surface area contributed by atoms with Gasteiger partial charge in [0.05, 0.1) is 0 Å². The van der Waals surface area contributed by atoms with Gasteiger partial charge in [-0.1, -0.05) is 12.8 Å². The number of hydrogen-bond acceptors (Lipinski definition) is 2. The molecule has 0 radical (unpaired) electrons. The maximum Gasteiger partial charge on any atom is 0.0425 e. The number of likely N-dealkylation sites (N-methyl/N-ethyl adjacent to an activating group) is 1. The van der Waals surface area contributed by atoms with Crippen molar-refractivity contribution in [2.24, 2.45) is 0 Å². The molecule has 1 atom stereocenters. The van der Waals surface area contributed by atoms with Gasteiger partial charge in [-0.3, -0.25) is 4.98 Å². The van der Waals surface area contributed by atoms with Crippen LogP contribution in [0.1, 0.15) is 42.6 Å². The Kier molecular flexibility index (Phi) is 4.16. The van der Waals surface area contributed by atoms with E-state index in [9.17, 15) is 0 Å². The minimum Gasteiger partial charge on any atom is -0.303 e. The third-order valence-corrected chi connectivity index (χ3v) is 3.77. The van der Waals surface area contributed by atoms with Gasteiger partial charge in [0.2, 0.25) is 0 Å². The monoisotopic (exact) mass is 232 g/mol. The first-order chi connectivity index (χ1) is 8.15. The zero-order chi connectivity index (χ0) is 12.3. The quantitative estimate of drug-likeness (QED) is 0.779. The predicted octanol–water partition coefficient (Wildman–Crippen LogP) is 3.12. The van der Waals surface area contributed by atoms with Crippen molar-refractivity contribution in [3.05, 3.63) is 29.1 Å². The van der Waals surface area contributed by atoms with Crippen molar-refractivity contribution in [3.63, 3.8) is 0 Å². The summed E-state index contributed by atoms with van der Waals surface area (Å²) in [7, 11) is 2.26. The Hall–Kier alpha value is -0.890. The average Bonchev–Trinajstić information content (AvgIpc) is 2.43. The number of aryl methyl sites for hydroxylation is 2. The molecular formula is C15H24N2. The van der Waals surface area contributed by atoms with Crippen molar-refractivity contribution in [1.82, 2.24) is 9.88 Å². The first kappa shape index (κ1) is 12.6. The molecule has 0 saturated carbocycles. The fourth-order valence-electron chi connectivity index (χ4n) is 2.85. The molecule has 0 aliphatic carbocycles. The Morgan fingerprint density at radius 1 is 1.24 bits per heavy atom. The standard InChI is InChI=1S/C15H24N2/c1-12-9-13(2)16-14(10-12)11-15-7-5-4-6-8-17(15)3/h9-10,15H,4-8,11H2,1-3H3. The van der Waals surface area contributed by atoms with Gasteiger partial charge in [0.25, 0.3) is 0 Å². The molecule has 0 spiro atoms. The van der Waals surface area contributed by atoms with E-state index in [0.717, 1.165) is 12.1 Å². The first-order valence-electron chi connectivity index (χ1n) is 6.79. The normalized spacial score (nSPS) is 22.4. The second-order valence-electron chi connectivity index (χ2n) is 5.47. The lowest BCUT2D eigenvalue weighted by molar-refractivity contribution is 0.244. The molecule has 2 heterocycles. The zero-order valence-corrected chi connectivity index (χ0v) is 11.4. The zero-order valence-electron chi connectivity index (χ0n) is 11.4. The summed E-state index contributed by atoms with van der Waals surface area (Å²) in [5.74, 6) is 0. The van der Waals surface area contributed by atoms with Gasteiger partial charge in [0.15, 0.2) is 0 Å². The van der Waals surface area contributed by atoms with Crippen molar-refractivity contribution in [1.29, 1.82) is 0 Å². The molecule has 94 valence electrons. The molecule has 2 heteroatoms. The van der Waals surface area contributed by atoms with Crippen LogP contribution in [-0.2, 0) is 6.42 Å². The topological polar surface area (TPSA) is 16.1 Å². The van der Waals surface area contributed by atoms with Crippen molar-refractivity contribution < 1.29 is 0 Å². The van der Waals surface area contributed by atoms with E-state index in [-0.39, 0.29) is 0 Å². The van der Waals surface area contributed by atoms with E-state index in [4.69, 9.17) is 0 Å². The van der Waals surface area contributed by atoms with Crippen molar-refractivity contribution in [2.75, 3.05) is 13.6 Å². The summed E-state index contributed by atoms with van der Waals surface area (Å²) in [4.78, 5) is 7.19. The summed E-state index contributed by atoms with van der Waals surface area (Å²) in [6, 6.07) is 5.08. The molecule has 1 aliphatic heterocycles. The second kappa shape index (κ2) is 5.63. The third-order valence-electron chi connectivity index (χ3n) is 3.77. The van der Waals surface area contributed by atoms with Crippen LogP contribution in [0.2, 0.25) is 0 Å². The van der Waals surface area contributed by atoms with Gasteiger partial charge in [-0.25, -0.2) is 0 Å². The van der Waals surface area contributed by atoms with Crippen molar-refractivity contribution in [3.8, 4) is 0 Å². The molecule has 0 N–H and O–H groups in total. The van der Waals surface area contributed by atoms with Gasteiger partial charge >= 0.3 is 0 Å². The van der Waals surface area contributed by atoms with Crippen LogP contribution in [0, 0.1) is 13.8 Å². The van der Waals surface area contributed by atoms with Crippen LogP contribution in [0.4, 0.5) is 0 Å². The van der Waals surface area contributed by atoms with Gasteiger partial charge in [-0.05, 0) is 58.0 Å². The molecule has 0 bridgehead atoms. The largest absolute Gasteiger partial charge is 0.303 e. The summed E-state index contributed by atoms with van der Waals surface area (Å²) in [5, 5.41) is 0. The van der Waals surface area contributed by atoms with E-state index in [1.54, 1.807) is 0 Å². The van der Waals surface area contributed by atoms with E-state index in [2.05, 4.69) is 42.9 Å². The number of nitrogens with zero attached hydrogens (tertiary/aromatic N) is 2. The average molecular weight is 232 g/mol. The molecule has 1 aliphatic rings. The van der Waals surface area contributed by atoms with E-state index in [1.165, 1.54) is 43.5 Å². The van der Waals surface area contributed by atoms with E-state index in [0.29, 0.717) is 6.04 Å². The molecular weight excluding hydrogens is 208 g/mol. The van der Waals surface area contributed by atoms with Crippen LogP contribution in [0.5, 0.6) is 0 Å². The second-order valence-corrected chi connectivity index (χ2v) is 5.47. The molecule has 2 rings (SSSR count). The number of likely N-dealkylation sites (tertiary alicyclic amines) is 1. The highest BCUT2D eigenvalue weighted by Gasteiger charge is 2.18. The van der Waals surface area contributed by atoms with Gasteiger partial charge in [-0.2, -0.15) is 0 Å². The smallest absolute Gasteiger partial charge is 0.0425 e. The number of hydrogen-bond donors (Lipinski definition) is 0. The first-order valence-corrected chi connectivity index (χ1v) is 6.79. The minimum atomic E-state index is 0.686. The van der Waals surface area contributed by atoms with Gasteiger partial charge in [0.1, 0.15) is 0 Å². The fourth-order valence-corrected chi connectivity index (χ4v) is 2.85. The van der Waals surface area contributed by atoms with Crippen molar-refractivity contribution >= 4 is 0 Å². The summed E-state index contributed by atoms with van der Waals surface area (Å²) >= 11 is 0. The molecule has 2 nitrogen and oxygen atoms in total. The lowest BCUT2D eigenvalue weighted by atomic mass is 10.0. The molecule has 1 aromatic heterocycles. The maximum absolute atomic E-state index is 4.67. The predicted molar refractivity (Wildman–Crippen MR) is 72.3 cm³/mol. The number of aromatic nitrogens is 1. The maximum atomic E-state index is 4.67. The highest BCUT2D eigenvalue weighted by Crippen LogP contribution is 2.18. The lowest BCUT2D eigenvalue weighted by Crippen LogP contribution is -2.33. The molecule has 1 fully saturated rings. The number of rotatable bonds is 2. The van der Waals surface area contributed by atoms with Gasteiger partial charge in [0, 0.05) is 23.9 Å². The Labute approximate surface area is 105 Å². The van der Waals surface area contributed by atoms with Gasteiger partial charge < -0.3 is 4.90 Å². The van der Waals surface area contributed by atoms with E-state index >= 15 is 0 Å². The summed E-state index contributed by atoms with van der Waals surface area (Å²) < 4.78 is 0. The lowest BCUT2D eigenvalue weighted by Gasteiger charge is -2.25. The molecule has 0 amide bonds. The van der Waals surface area contributed by atoms with Crippen LogP contribution >= 0.6 is 0 Å². The Bertz CT molecular complexity index is 353. The Morgan fingerprint density at radius 3 is 2.82 bits per heavy atom. The van der Waals surface area contributed by atoms with Crippen LogP contribution in [0.3, 0.4) is 0 Å². The summed E-state index contributed by atoms with van der Waals surface area (Å²) in [6.07, 6.45) is 6.55. The van der Waals surface area contributed by atoms with Crippen LogP contribution in [-0.4, -0.2) is 29.5 Å². The van der Waals surface area contributed by atoms with E-state index in [1.807, 2.05) is 0 Å². The molecule has 17 heavy (non-hydrogen) atoms. The summed E-state index contributed by atoms with van der Waals surface area (Å²) in [6.45, 7) is 5.50. The Morgan fingerprint density at radius 2 is 2.06 bits per heavy atom. The van der Waals surface area contributed by atoms with Crippen LogP contribution in [0.15, 0.2) is 12.1 Å². The highest BCUT2D eigenvalue weighted by molar-refractivity contribution is 5.20. The SMILES string of the molecule is Cc1cc(C)nc(CC2CCCCCN2C)c1. The molecule has 1 saturated heterocycles. The van der Waals surface area contributed by atoms with Gasteiger partial charge in [-0.15, -0.1) is 0 Å². The van der Waals surface area contributed by atoms with Crippen molar-refractivity contribution in [2.45, 2.75) is 52.0 Å². The third kappa shape index (κ3) is 3.53. The van der Waals surface area contributed by atoms with E-state index < -0.39 is 0 Å². The molecule has 1 aromatic rings. The van der Waals surface area contributed by atoms with Crippen LogP contribution < -0.4 is 0 Å². The highest BCUT2D eigenvalue weighted by atomic mass is 15.1. The number of pyridine rings is 1. The van der Waals surface area contributed by atoms with Crippen LogP contribution in [0.25, 0.3) is 0 Å². The summed E-state index contributed by atoms with van der Waals surface area (Å²) in [5.41, 5.74) is 3.75. The molecule has 0 aromatic carbocycles. The minimum absolute atomic E-state index is 0.686. The molecule has 1 unspecified atom stereocenters.